The number of nitrogens with one attached hydrogen (secondary N) is 2. The van der Waals surface area contributed by atoms with Gasteiger partial charge in [0.1, 0.15) is 12.6 Å². The summed E-state index contributed by atoms with van der Waals surface area (Å²) in [6.07, 6.45) is 0.669. The molecule has 0 heterocycles. The van der Waals surface area contributed by atoms with Crippen LogP contribution in [0.4, 0.5) is 0 Å². The first-order valence-electron chi connectivity index (χ1n) is 6.76. The molecule has 2 amide bonds. The Morgan fingerprint density at radius 3 is 2.10 bits per heavy atom. The van der Waals surface area contributed by atoms with Gasteiger partial charge in [-0.25, -0.2) is 0 Å². The Balaban J connectivity index is 4.76. The SMILES string of the molecule is CC[C@H](C)[C@H](NC(=O)[C@@H](N)C(C)C)C(=O)NCC(=O)O. The minimum absolute atomic E-state index is 0.0466. The van der Waals surface area contributed by atoms with Gasteiger partial charge in [-0.05, 0) is 11.8 Å². The van der Waals surface area contributed by atoms with E-state index < -0.39 is 36.4 Å². The lowest BCUT2D eigenvalue weighted by atomic mass is 9.97. The van der Waals surface area contributed by atoms with Crippen LogP contribution in [0.2, 0.25) is 0 Å². The quantitative estimate of drug-likeness (QED) is 0.488. The van der Waals surface area contributed by atoms with Crippen molar-refractivity contribution in [3.8, 4) is 0 Å². The van der Waals surface area contributed by atoms with Gasteiger partial charge in [-0.1, -0.05) is 34.1 Å². The van der Waals surface area contributed by atoms with E-state index in [-0.39, 0.29) is 11.8 Å². The maximum Gasteiger partial charge on any atom is 0.322 e. The number of hydrogen-bond donors (Lipinski definition) is 4. The normalized spacial score (nSPS) is 15.3. The van der Waals surface area contributed by atoms with Crippen molar-refractivity contribution in [2.45, 2.75) is 46.2 Å². The summed E-state index contributed by atoms with van der Waals surface area (Å²) in [5.74, 6) is -2.21. The third-order valence-corrected chi connectivity index (χ3v) is 3.23. The zero-order valence-corrected chi connectivity index (χ0v) is 12.5. The van der Waals surface area contributed by atoms with Crippen molar-refractivity contribution >= 4 is 17.8 Å². The van der Waals surface area contributed by atoms with E-state index in [2.05, 4.69) is 10.6 Å². The summed E-state index contributed by atoms with van der Waals surface area (Å²) in [5, 5.41) is 13.4. The molecule has 0 aromatic rings. The first kappa shape index (κ1) is 18.4. The van der Waals surface area contributed by atoms with E-state index in [0.29, 0.717) is 6.42 Å². The molecule has 0 aliphatic rings. The highest BCUT2D eigenvalue weighted by atomic mass is 16.4. The Bertz CT molecular complexity index is 358. The number of amides is 2. The molecule has 0 spiro atoms. The molecule has 0 unspecified atom stereocenters. The number of carbonyl (C=O) groups excluding carboxylic acids is 2. The maximum absolute atomic E-state index is 11.9. The number of rotatable bonds is 8. The Kier molecular flexibility index (Phi) is 7.83. The summed E-state index contributed by atoms with van der Waals surface area (Å²) in [5.41, 5.74) is 5.73. The van der Waals surface area contributed by atoms with Gasteiger partial charge in [0.15, 0.2) is 0 Å². The summed E-state index contributed by atoms with van der Waals surface area (Å²) in [6, 6.07) is -1.48. The van der Waals surface area contributed by atoms with Gasteiger partial charge in [0, 0.05) is 0 Å². The second kappa shape index (κ2) is 8.52. The fourth-order valence-corrected chi connectivity index (χ4v) is 1.53. The number of aliphatic carboxylic acids is 1. The molecule has 5 N–H and O–H groups in total. The zero-order chi connectivity index (χ0) is 15.9. The maximum atomic E-state index is 11.9. The molecule has 0 aliphatic carbocycles. The smallest absolute Gasteiger partial charge is 0.322 e. The number of carboxylic acid groups (broad SMARTS) is 1. The van der Waals surface area contributed by atoms with Crippen LogP contribution in [0.3, 0.4) is 0 Å². The van der Waals surface area contributed by atoms with Gasteiger partial charge in [0.2, 0.25) is 11.8 Å². The molecule has 0 fully saturated rings. The summed E-state index contributed by atoms with van der Waals surface area (Å²) < 4.78 is 0. The Labute approximate surface area is 119 Å². The van der Waals surface area contributed by atoms with Crippen LogP contribution in [-0.2, 0) is 14.4 Å². The molecule has 0 aliphatic heterocycles. The molecule has 0 radical (unpaired) electrons. The lowest BCUT2D eigenvalue weighted by Crippen LogP contribution is -2.55. The first-order valence-corrected chi connectivity index (χ1v) is 6.76. The van der Waals surface area contributed by atoms with Crippen LogP contribution in [0, 0.1) is 11.8 Å². The highest BCUT2D eigenvalue weighted by Crippen LogP contribution is 2.09. The number of hydrogen-bond acceptors (Lipinski definition) is 4. The van der Waals surface area contributed by atoms with Crippen LogP contribution >= 0.6 is 0 Å². The van der Waals surface area contributed by atoms with Crippen molar-refractivity contribution in [3.05, 3.63) is 0 Å². The summed E-state index contributed by atoms with van der Waals surface area (Å²) >= 11 is 0. The molecule has 3 atom stereocenters. The molecule has 0 saturated carbocycles. The zero-order valence-electron chi connectivity index (χ0n) is 12.5. The van der Waals surface area contributed by atoms with Crippen molar-refractivity contribution < 1.29 is 19.5 Å². The number of carbonyl (C=O) groups is 3. The van der Waals surface area contributed by atoms with Crippen LogP contribution in [0.5, 0.6) is 0 Å². The predicted octanol–water partition coefficient (Wildman–Crippen LogP) is -0.299. The minimum Gasteiger partial charge on any atom is -0.480 e. The largest absolute Gasteiger partial charge is 0.480 e. The molecular weight excluding hydrogens is 262 g/mol. The monoisotopic (exact) mass is 287 g/mol. The van der Waals surface area contributed by atoms with Crippen LogP contribution in [0.25, 0.3) is 0 Å². The third kappa shape index (κ3) is 6.01. The second-order valence-electron chi connectivity index (χ2n) is 5.25. The molecule has 0 bridgehead atoms. The molecule has 0 saturated heterocycles. The highest BCUT2D eigenvalue weighted by molar-refractivity contribution is 5.91. The molecule has 0 rings (SSSR count). The van der Waals surface area contributed by atoms with Gasteiger partial charge in [0.05, 0.1) is 6.04 Å². The standard InChI is InChI=1S/C13H25N3O4/c1-5-8(4)11(13(20)15-6-9(17)18)16-12(19)10(14)7(2)3/h7-8,10-11H,5-6,14H2,1-4H3,(H,15,20)(H,16,19)(H,17,18)/t8-,10-,11-/m0/s1. The van der Waals surface area contributed by atoms with Crippen molar-refractivity contribution in [2.24, 2.45) is 17.6 Å². The fourth-order valence-electron chi connectivity index (χ4n) is 1.53. The highest BCUT2D eigenvalue weighted by Gasteiger charge is 2.28. The predicted molar refractivity (Wildman–Crippen MR) is 74.8 cm³/mol. The van der Waals surface area contributed by atoms with Gasteiger partial charge in [0.25, 0.3) is 0 Å². The van der Waals surface area contributed by atoms with E-state index in [4.69, 9.17) is 10.8 Å². The molecule has 20 heavy (non-hydrogen) atoms. The molecule has 7 nitrogen and oxygen atoms in total. The summed E-state index contributed by atoms with van der Waals surface area (Å²) in [7, 11) is 0. The van der Waals surface area contributed by atoms with Crippen LogP contribution < -0.4 is 16.4 Å². The average molecular weight is 287 g/mol. The molecule has 7 heteroatoms. The van der Waals surface area contributed by atoms with E-state index in [1.54, 1.807) is 0 Å². The molecule has 116 valence electrons. The fraction of sp³-hybridized carbons (Fsp3) is 0.769. The Morgan fingerprint density at radius 2 is 1.70 bits per heavy atom. The lowest BCUT2D eigenvalue weighted by Gasteiger charge is -2.25. The van der Waals surface area contributed by atoms with E-state index in [1.165, 1.54) is 0 Å². The van der Waals surface area contributed by atoms with Gasteiger partial charge in [-0.15, -0.1) is 0 Å². The van der Waals surface area contributed by atoms with Crippen molar-refractivity contribution in [1.29, 1.82) is 0 Å². The Morgan fingerprint density at radius 1 is 1.15 bits per heavy atom. The van der Waals surface area contributed by atoms with E-state index in [0.717, 1.165) is 0 Å². The van der Waals surface area contributed by atoms with Crippen LogP contribution in [0.15, 0.2) is 0 Å². The molecule has 0 aromatic carbocycles. The van der Waals surface area contributed by atoms with Gasteiger partial charge in [-0.2, -0.15) is 0 Å². The Hall–Kier alpha value is -1.63. The molecule has 0 aromatic heterocycles. The van der Waals surface area contributed by atoms with Crippen LogP contribution in [0.1, 0.15) is 34.1 Å². The van der Waals surface area contributed by atoms with Gasteiger partial charge < -0.3 is 21.5 Å². The number of nitrogens with two attached hydrogens (primary N) is 1. The molecular formula is C13H25N3O4. The minimum atomic E-state index is -1.13. The van der Waals surface area contributed by atoms with Crippen LogP contribution in [-0.4, -0.2) is 41.5 Å². The summed E-state index contributed by atoms with van der Waals surface area (Å²) in [4.78, 5) is 34.3. The van der Waals surface area contributed by atoms with E-state index in [1.807, 2.05) is 27.7 Å². The third-order valence-electron chi connectivity index (χ3n) is 3.23. The van der Waals surface area contributed by atoms with Crippen molar-refractivity contribution in [1.82, 2.24) is 10.6 Å². The second-order valence-corrected chi connectivity index (χ2v) is 5.25. The topological polar surface area (TPSA) is 122 Å². The summed E-state index contributed by atoms with van der Waals surface area (Å²) in [6.45, 7) is 6.85. The van der Waals surface area contributed by atoms with Crippen molar-refractivity contribution in [3.63, 3.8) is 0 Å². The lowest BCUT2D eigenvalue weighted by molar-refractivity contribution is -0.138. The van der Waals surface area contributed by atoms with E-state index in [9.17, 15) is 14.4 Å². The van der Waals surface area contributed by atoms with Gasteiger partial charge >= 0.3 is 5.97 Å². The van der Waals surface area contributed by atoms with Gasteiger partial charge in [-0.3, -0.25) is 14.4 Å². The van der Waals surface area contributed by atoms with Crippen molar-refractivity contribution in [2.75, 3.05) is 6.54 Å². The van der Waals surface area contributed by atoms with E-state index >= 15 is 0 Å². The first-order chi connectivity index (χ1) is 9.20. The number of carboxylic acids is 1. The average Bonchev–Trinajstić information content (AvgIpc) is 2.39.